The van der Waals surface area contributed by atoms with Crippen molar-refractivity contribution in [3.8, 4) is 0 Å². The SMILES string of the molecule is Cc1ccc(C)c(C(=O)CCl)c1. The molecule has 12 heavy (non-hydrogen) atoms. The van der Waals surface area contributed by atoms with Gasteiger partial charge >= 0.3 is 0 Å². The Hall–Kier alpha value is -0.820. The van der Waals surface area contributed by atoms with Gasteiger partial charge in [0.05, 0.1) is 5.88 Å². The average Bonchev–Trinajstić information content (AvgIpc) is 2.08. The van der Waals surface area contributed by atoms with E-state index in [0.717, 1.165) is 16.7 Å². The third-order valence-corrected chi connectivity index (χ3v) is 2.06. The van der Waals surface area contributed by atoms with Gasteiger partial charge in [-0.2, -0.15) is 0 Å². The molecule has 1 aromatic carbocycles. The van der Waals surface area contributed by atoms with Crippen LogP contribution >= 0.6 is 11.6 Å². The number of aryl methyl sites for hydroxylation is 2. The molecule has 0 fully saturated rings. The molecular weight excluding hydrogens is 172 g/mol. The van der Waals surface area contributed by atoms with E-state index in [1.54, 1.807) is 0 Å². The second-order valence-corrected chi connectivity index (χ2v) is 3.14. The molecule has 1 nitrogen and oxygen atoms in total. The molecule has 0 atom stereocenters. The quantitative estimate of drug-likeness (QED) is 0.508. The highest BCUT2D eigenvalue weighted by atomic mass is 35.5. The predicted molar refractivity (Wildman–Crippen MR) is 51.0 cm³/mol. The largest absolute Gasteiger partial charge is 0.293 e. The van der Waals surface area contributed by atoms with E-state index >= 15 is 0 Å². The van der Waals surface area contributed by atoms with Gasteiger partial charge in [-0.3, -0.25) is 4.79 Å². The van der Waals surface area contributed by atoms with Crippen LogP contribution in [0.1, 0.15) is 21.5 Å². The number of carbonyl (C=O) groups excluding carboxylic acids is 1. The second kappa shape index (κ2) is 3.72. The Morgan fingerprint density at radius 1 is 1.42 bits per heavy atom. The number of benzene rings is 1. The van der Waals surface area contributed by atoms with Crippen molar-refractivity contribution < 1.29 is 4.79 Å². The van der Waals surface area contributed by atoms with Crippen molar-refractivity contribution >= 4 is 17.4 Å². The van der Waals surface area contributed by atoms with E-state index in [4.69, 9.17) is 11.6 Å². The van der Waals surface area contributed by atoms with Crippen LogP contribution in [0.25, 0.3) is 0 Å². The summed E-state index contributed by atoms with van der Waals surface area (Å²) in [5.74, 6) is 0.0578. The number of carbonyl (C=O) groups is 1. The first-order chi connectivity index (χ1) is 5.65. The van der Waals surface area contributed by atoms with Crippen LogP contribution in [0.2, 0.25) is 0 Å². The third-order valence-electron chi connectivity index (χ3n) is 1.81. The number of rotatable bonds is 2. The van der Waals surface area contributed by atoms with E-state index in [1.165, 1.54) is 0 Å². The summed E-state index contributed by atoms with van der Waals surface area (Å²) < 4.78 is 0. The molecule has 0 aliphatic carbocycles. The van der Waals surface area contributed by atoms with Gasteiger partial charge in [0.25, 0.3) is 0 Å². The maximum atomic E-state index is 11.3. The van der Waals surface area contributed by atoms with E-state index in [9.17, 15) is 4.79 Å². The van der Waals surface area contributed by atoms with E-state index in [-0.39, 0.29) is 11.7 Å². The number of alkyl halides is 1. The molecule has 0 N–H and O–H groups in total. The minimum Gasteiger partial charge on any atom is -0.293 e. The predicted octanol–water partition coefficient (Wildman–Crippen LogP) is 2.72. The summed E-state index contributed by atoms with van der Waals surface area (Å²) in [7, 11) is 0. The fraction of sp³-hybridized carbons (Fsp3) is 0.300. The van der Waals surface area contributed by atoms with Crippen LogP contribution in [0.3, 0.4) is 0 Å². The lowest BCUT2D eigenvalue weighted by Gasteiger charge is -2.02. The van der Waals surface area contributed by atoms with E-state index in [2.05, 4.69) is 0 Å². The second-order valence-electron chi connectivity index (χ2n) is 2.88. The molecule has 1 aromatic rings. The zero-order valence-corrected chi connectivity index (χ0v) is 7.98. The van der Waals surface area contributed by atoms with Gasteiger partial charge in [0.1, 0.15) is 0 Å². The molecular formula is C10H11ClO. The van der Waals surface area contributed by atoms with Gasteiger partial charge in [0.15, 0.2) is 5.78 Å². The lowest BCUT2D eigenvalue weighted by Crippen LogP contribution is -2.02. The van der Waals surface area contributed by atoms with Crippen LogP contribution in [0.15, 0.2) is 18.2 Å². The molecule has 0 heterocycles. The summed E-state index contributed by atoms with van der Waals surface area (Å²) in [6.07, 6.45) is 0. The number of hydrogen-bond acceptors (Lipinski definition) is 1. The van der Waals surface area contributed by atoms with Crippen LogP contribution in [0.5, 0.6) is 0 Å². The van der Waals surface area contributed by atoms with Crippen molar-refractivity contribution in [1.29, 1.82) is 0 Å². The molecule has 0 saturated heterocycles. The van der Waals surface area contributed by atoms with Gasteiger partial charge in [0, 0.05) is 5.56 Å². The first-order valence-electron chi connectivity index (χ1n) is 3.81. The van der Waals surface area contributed by atoms with E-state index < -0.39 is 0 Å². The van der Waals surface area contributed by atoms with Gasteiger partial charge in [-0.15, -0.1) is 11.6 Å². The molecule has 0 amide bonds. The van der Waals surface area contributed by atoms with Crippen LogP contribution in [-0.2, 0) is 0 Å². The van der Waals surface area contributed by atoms with Gasteiger partial charge in [-0.25, -0.2) is 0 Å². The molecule has 0 spiro atoms. The summed E-state index contributed by atoms with van der Waals surface area (Å²) in [6.45, 7) is 3.88. The smallest absolute Gasteiger partial charge is 0.177 e. The molecule has 0 aliphatic heterocycles. The van der Waals surface area contributed by atoms with Crippen LogP contribution in [-0.4, -0.2) is 11.7 Å². The highest BCUT2D eigenvalue weighted by molar-refractivity contribution is 6.30. The number of hydrogen-bond donors (Lipinski definition) is 0. The average molecular weight is 183 g/mol. The normalized spacial score (nSPS) is 9.92. The number of ketones is 1. The Labute approximate surface area is 77.4 Å². The Balaban J connectivity index is 3.13. The van der Waals surface area contributed by atoms with Gasteiger partial charge < -0.3 is 0 Å². The summed E-state index contributed by atoms with van der Waals surface area (Å²) in [5, 5.41) is 0. The molecule has 0 unspecified atom stereocenters. The minimum atomic E-state index is -0.00198. The standard InChI is InChI=1S/C10H11ClO/c1-7-3-4-8(2)9(5-7)10(12)6-11/h3-5H,6H2,1-2H3. The van der Waals surface area contributed by atoms with Gasteiger partial charge in [0.2, 0.25) is 0 Å². The fourth-order valence-electron chi connectivity index (χ4n) is 1.11. The molecule has 0 aliphatic rings. The fourth-order valence-corrected chi connectivity index (χ4v) is 1.25. The first-order valence-corrected chi connectivity index (χ1v) is 4.35. The molecule has 64 valence electrons. The summed E-state index contributed by atoms with van der Waals surface area (Å²) >= 11 is 5.46. The molecule has 0 radical (unpaired) electrons. The maximum Gasteiger partial charge on any atom is 0.177 e. The minimum absolute atomic E-state index is 0.00198. The van der Waals surface area contributed by atoms with Crippen molar-refractivity contribution in [1.82, 2.24) is 0 Å². The molecule has 0 aromatic heterocycles. The van der Waals surface area contributed by atoms with Gasteiger partial charge in [-0.05, 0) is 25.5 Å². The van der Waals surface area contributed by atoms with Gasteiger partial charge in [-0.1, -0.05) is 17.7 Å². The number of Topliss-reactive ketones (excluding diaryl/α,β-unsaturated/α-hetero) is 1. The molecule has 1 rings (SSSR count). The lowest BCUT2D eigenvalue weighted by molar-refractivity contribution is 0.102. The van der Waals surface area contributed by atoms with Crippen molar-refractivity contribution in [2.45, 2.75) is 13.8 Å². The lowest BCUT2D eigenvalue weighted by atomic mass is 10.0. The topological polar surface area (TPSA) is 17.1 Å². The Morgan fingerprint density at radius 3 is 2.67 bits per heavy atom. The van der Waals surface area contributed by atoms with Crippen molar-refractivity contribution in [2.24, 2.45) is 0 Å². The van der Waals surface area contributed by atoms with E-state index in [1.807, 2.05) is 32.0 Å². The Morgan fingerprint density at radius 2 is 2.08 bits per heavy atom. The highest BCUT2D eigenvalue weighted by Crippen LogP contribution is 2.11. The zero-order valence-electron chi connectivity index (χ0n) is 7.23. The monoisotopic (exact) mass is 182 g/mol. The zero-order chi connectivity index (χ0) is 9.14. The summed E-state index contributed by atoms with van der Waals surface area (Å²) in [6, 6.07) is 5.80. The molecule has 2 heteroatoms. The third kappa shape index (κ3) is 1.86. The maximum absolute atomic E-state index is 11.3. The van der Waals surface area contributed by atoms with Crippen LogP contribution in [0.4, 0.5) is 0 Å². The summed E-state index contributed by atoms with van der Waals surface area (Å²) in [5.41, 5.74) is 2.82. The summed E-state index contributed by atoms with van der Waals surface area (Å²) in [4.78, 5) is 11.3. The van der Waals surface area contributed by atoms with Crippen molar-refractivity contribution in [3.05, 3.63) is 34.9 Å². The van der Waals surface area contributed by atoms with Crippen molar-refractivity contribution in [2.75, 3.05) is 5.88 Å². The van der Waals surface area contributed by atoms with E-state index in [0.29, 0.717) is 0 Å². The van der Waals surface area contributed by atoms with Crippen LogP contribution < -0.4 is 0 Å². The first kappa shape index (κ1) is 9.27. The molecule has 0 saturated carbocycles. The number of halogens is 1. The van der Waals surface area contributed by atoms with Crippen LogP contribution in [0, 0.1) is 13.8 Å². The molecule has 0 bridgehead atoms. The highest BCUT2D eigenvalue weighted by Gasteiger charge is 2.06. The Bertz CT molecular complexity index is 305. The van der Waals surface area contributed by atoms with Crippen molar-refractivity contribution in [3.63, 3.8) is 0 Å². The Kier molecular flexibility index (Phi) is 2.88.